The summed E-state index contributed by atoms with van der Waals surface area (Å²) in [5, 5.41) is 5.70. The van der Waals surface area contributed by atoms with E-state index in [1.807, 2.05) is 54.6 Å². The minimum atomic E-state index is 0. The van der Waals surface area contributed by atoms with Crippen LogP contribution in [0.25, 0.3) is 0 Å². The van der Waals surface area contributed by atoms with Crippen molar-refractivity contribution in [3.05, 3.63) is 54.6 Å². The van der Waals surface area contributed by atoms with Gasteiger partial charge in [0.1, 0.15) is 30.2 Å². The van der Waals surface area contributed by atoms with Gasteiger partial charge in [0.2, 0.25) is 0 Å². The molecule has 139 valence electrons. The fourth-order valence-electron chi connectivity index (χ4n) is 1.85. The summed E-state index contributed by atoms with van der Waals surface area (Å²) in [6.45, 7) is 6.81. The quantitative estimate of drug-likeness (QED) is 0.222. The van der Waals surface area contributed by atoms with Gasteiger partial charge in [-0.15, -0.1) is 0 Å². The van der Waals surface area contributed by atoms with Gasteiger partial charge in [-0.25, -0.2) is 15.0 Å². The van der Waals surface area contributed by atoms with Crippen molar-refractivity contribution < 1.29 is 22.4 Å². The summed E-state index contributed by atoms with van der Waals surface area (Å²) in [6, 6.07) is 18.1. The zero-order chi connectivity index (χ0) is 17.6. The van der Waals surface area contributed by atoms with Crippen molar-refractivity contribution in [1.29, 1.82) is 0 Å². The average molecular weight is 512 g/mol. The number of hydrogen-bond donors (Lipinski definition) is 0. The molecular formula is C18H19AgN3PS3+. The summed E-state index contributed by atoms with van der Waals surface area (Å²) in [5.41, 5.74) is 0. The number of rotatable bonds is 0. The Balaban J connectivity index is 0.000000444. The molecule has 0 spiro atoms. The van der Waals surface area contributed by atoms with Gasteiger partial charge in [0, 0.05) is 42.4 Å². The predicted octanol–water partition coefficient (Wildman–Crippen LogP) is 5.73. The first-order valence-corrected chi connectivity index (χ1v) is 13.2. The molecule has 0 fully saturated rings. The molecule has 26 heavy (non-hydrogen) atoms. The summed E-state index contributed by atoms with van der Waals surface area (Å²) in [5.74, 6) is 0. The molecule has 1 radical (unpaired) electrons. The second-order valence-corrected chi connectivity index (χ2v) is 11.9. The monoisotopic (exact) mass is 511 g/mol. The van der Waals surface area contributed by atoms with Crippen LogP contribution in [0.3, 0.4) is 0 Å². The van der Waals surface area contributed by atoms with Crippen LogP contribution in [0, 0.1) is 0 Å². The zero-order valence-electron chi connectivity index (χ0n) is 14.6. The third-order valence-electron chi connectivity index (χ3n) is 2.72. The zero-order valence-corrected chi connectivity index (χ0v) is 19.5. The smallest absolute Gasteiger partial charge is 0.104 e. The minimum Gasteiger partial charge on any atom is -0.234 e. The molecule has 0 saturated carbocycles. The third kappa shape index (κ3) is 7.01. The molecule has 0 amide bonds. The van der Waals surface area contributed by atoms with Crippen LogP contribution in [0.4, 0.5) is 0 Å². The van der Waals surface area contributed by atoms with E-state index in [0.717, 1.165) is 30.2 Å². The Morgan fingerprint density at radius 2 is 0.731 bits per heavy atom. The molecule has 0 atom stereocenters. The summed E-state index contributed by atoms with van der Waals surface area (Å²) in [4.78, 5) is 14.0. The summed E-state index contributed by atoms with van der Waals surface area (Å²) in [6.07, 6.45) is 0. The number of nitrogens with zero attached hydrogens (tertiary/aromatic N) is 3. The molecule has 0 unspecified atom stereocenters. The largest absolute Gasteiger partial charge is 0.234 e. The first-order chi connectivity index (χ1) is 12.1. The molecular weight excluding hydrogens is 493 g/mol. The minimum absolute atomic E-state index is 0. The molecule has 8 heteroatoms. The van der Waals surface area contributed by atoms with Gasteiger partial charge in [0.25, 0.3) is 0 Å². The average Bonchev–Trinajstić information content (AvgIpc) is 2.54. The SMILES string of the molecule is C[PH+](C)C.[Ag].c1cc2nc(c1)Sc1cccc(n1)Sc1cccc(n1)S2. The van der Waals surface area contributed by atoms with Crippen molar-refractivity contribution in [3.8, 4) is 0 Å². The summed E-state index contributed by atoms with van der Waals surface area (Å²) < 4.78 is 0. The van der Waals surface area contributed by atoms with Gasteiger partial charge in [0.05, 0.1) is 0 Å². The van der Waals surface area contributed by atoms with Gasteiger partial charge >= 0.3 is 0 Å². The van der Waals surface area contributed by atoms with E-state index in [1.54, 1.807) is 35.3 Å². The molecule has 0 aromatic carbocycles. The van der Waals surface area contributed by atoms with E-state index in [2.05, 4.69) is 34.9 Å². The maximum absolute atomic E-state index is 4.65. The van der Waals surface area contributed by atoms with Crippen LogP contribution < -0.4 is 0 Å². The van der Waals surface area contributed by atoms with E-state index >= 15 is 0 Å². The fraction of sp³-hybridized carbons (Fsp3) is 0.167. The Hall–Kier alpha value is -0.330. The molecule has 4 rings (SSSR count). The molecule has 6 bridgehead atoms. The Morgan fingerprint density at radius 3 is 0.923 bits per heavy atom. The van der Waals surface area contributed by atoms with E-state index in [0.29, 0.717) is 0 Å². The van der Waals surface area contributed by atoms with Gasteiger partial charge in [-0.1, -0.05) is 53.5 Å². The normalized spacial score (nSPS) is 12.0. The maximum Gasteiger partial charge on any atom is 0.104 e. The Kier molecular flexibility index (Phi) is 9.18. The summed E-state index contributed by atoms with van der Waals surface area (Å²) in [7, 11) is 0.120. The van der Waals surface area contributed by atoms with Crippen LogP contribution in [-0.2, 0) is 22.4 Å². The molecule has 3 aromatic heterocycles. The van der Waals surface area contributed by atoms with Gasteiger partial charge < -0.3 is 0 Å². The van der Waals surface area contributed by atoms with Crippen LogP contribution >= 0.6 is 43.2 Å². The van der Waals surface area contributed by atoms with E-state index in [1.165, 1.54) is 0 Å². The van der Waals surface area contributed by atoms with E-state index in [-0.39, 0.29) is 30.3 Å². The molecule has 0 N–H and O–H groups in total. The summed E-state index contributed by atoms with van der Waals surface area (Å²) >= 11 is 4.75. The Bertz CT molecular complexity index is 702. The van der Waals surface area contributed by atoms with Crippen LogP contribution in [0.1, 0.15) is 0 Å². The third-order valence-corrected chi connectivity index (χ3v) is 5.34. The molecule has 1 aliphatic rings. The van der Waals surface area contributed by atoms with Crippen LogP contribution in [0.15, 0.2) is 84.8 Å². The van der Waals surface area contributed by atoms with Gasteiger partial charge in [-0.2, -0.15) is 0 Å². The fourth-order valence-corrected chi connectivity index (χ4v) is 4.41. The molecule has 0 saturated heterocycles. The van der Waals surface area contributed by atoms with Crippen molar-refractivity contribution >= 4 is 43.2 Å². The molecule has 3 aromatic rings. The van der Waals surface area contributed by atoms with Crippen molar-refractivity contribution in [1.82, 2.24) is 15.0 Å². The van der Waals surface area contributed by atoms with Crippen molar-refractivity contribution in [2.24, 2.45) is 0 Å². The van der Waals surface area contributed by atoms with Crippen molar-refractivity contribution in [3.63, 3.8) is 0 Å². The van der Waals surface area contributed by atoms with E-state index in [9.17, 15) is 0 Å². The Morgan fingerprint density at radius 1 is 0.538 bits per heavy atom. The molecule has 4 heterocycles. The van der Waals surface area contributed by atoms with Gasteiger partial charge in [0.15, 0.2) is 0 Å². The number of aromatic nitrogens is 3. The first kappa shape index (κ1) is 22.0. The van der Waals surface area contributed by atoms with Crippen molar-refractivity contribution in [2.75, 3.05) is 20.0 Å². The molecule has 3 nitrogen and oxygen atoms in total. The predicted molar refractivity (Wildman–Crippen MR) is 111 cm³/mol. The maximum atomic E-state index is 4.65. The second-order valence-electron chi connectivity index (χ2n) is 5.75. The van der Waals surface area contributed by atoms with E-state index < -0.39 is 0 Å². The van der Waals surface area contributed by atoms with E-state index in [4.69, 9.17) is 0 Å². The van der Waals surface area contributed by atoms with Gasteiger partial charge in [-0.05, 0) is 44.3 Å². The number of fused-ring (bicyclic) bond motifs is 6. The standard InChI is InChI=1S/C15H9N3S3.C3H9P.Ag/c1-4-10-16-11(5-1)20-13-7-3-9-15(18-13)21-14-8-2-6-12(17-14)19-10;1-4(2)3;/h1-9H;1-3H3;/p+1. The first-order valence-electron chi connectivity index (χ1n) is 7.80. The molecule has 0 aliphatic carbocycles. The Labute approximate surface area is 184 Å². The van der Waals surface area contributed by atoms with Crippen LogP contribution in [0.2, 0.25) is 0 Å². The van der Waals surface area contributed by atoms with Crippen molar-refractivity contribution in [2.45, 2.75) is 30.2 Å². The van der Waals surface area contributed by atoms with Crippen LogP contribution in [-0.4, -0.2) is 34.9 Å². The molecule has 1 aliphatic heterocycles. The van der Waals surface area contributed by atoms with Gasteiger partial charge in [-0.3, -0.25) is 0 Å². The number of pyridine rings is 3. The topological polar surface area (TPSA) is 38.7 Å². The van der Waals surface area contributed by atoms with Crippen LogP contribution in [0.5, 0.6) is 0 Å². The second kappa shape index (κ2) is 10.9. The number of hydrogen-bond acceptors (Lipinski definition) is 6.